The summed E-state index contributed by atoms with van der Waals surface area (Å²) in [6.07, 6.45) is 4.43. The standard InChI is InChI=1S/C23H27N3O/c1-15-5-7-17(8-6-15)18-9-10-19-13-22(26-21(19)12-18)23(27)25-14-16-3-2-4-20(24)11-16/h5-10,12-13,16,20,26H,2-4,11,14,24H2,1H3,(H,25,27). The Morgan fingerprint density at radius 2 is 1.89 bits per heavy atom. The first-order valence-corrected chi connectivity index (χ1v) is 9.82. The summed E-state index contributed by atoms with van der Waals surface area (Å²) in [5.41, 5.74) is 11.2. The van der Waals surface area contributed by atoms with E-state index in [9.17, 15) is 4.79 Å². The molecule has 1 fully saturated rings. The van der Waals surface area contributed by atoms with Gasteiger partial charge in [-0.2, -0.15) is 0 Å². The first-order valence-electron chi connectivity index (χ1n) is 9.82. The molecule has 2 atom stereocenters. The highest BCUT2D eigenvalue weighted by molar-refractivity contribution is 5.98. The molecule has 1 aromatic heterocycles. The van der Waals surface area contributed by atoms with Gasteiger partial charge in [-0.1, -0.05) is 48.4 Å². The minimum absolute atomic E-state index is 0.0396. The van der Waals surface area contributed by atoms with Crippen molar-refractivity contribution in [1.82, 2.24) is 10.3 Å². The van der Waals surface area contributed by atoms with Crippen LogP contribution in [0.2, 0.25) is 0 Å². The van der Waals surface area contributed by atoms with Crippen molar-refractivity contribution in [3.05, 3.63) is 59.8 Å². The van der Waals surface area contributed by atoms with Crippen molar-refractivity contribution in [2.75, 3.05) is 6.54 Å². The number of carbonyl (C=O) groups is 1. The number of benzene rings is 2. The van der Waals surface area contributed by atoms with E-state index in [2.05, 4.69) is 59.7 Å². The van der Waals surface area contributed by atoms with Gasteiger partial charge < -0.3 is 16.0 Å². The Labute approximate surface area is 160 Å². The van der Waals surface area contributed by atoms with E-state index in [1.165, 1.54) is 11.1 Å². The molecule has 4 rings (SSSR count). The van der Waals surface area contributed by atoms with E-state index in [0.29, 0.717) is 18.2 Å². The Kier molecular flexibility index (Phi) is 4.99. The van der Waals surface area contributed by atoms with Gasteiger partial charge in [-0.05, 0) is 55.4 Å². The number of hydrogen-bond donors (Lipinski definition) is 3. The van der Waals surface area contributed by atoms with Gasteiger partial charge in [-0.15, -0.1) is 0 Å². The maximum absolute atomic E-state index is 12.6. The number of carbonyl (C=O) groups excluding carboxylic acids is 1. The SMILES string of the molecule is Cc1ccc(-c2ccc3cc(C(=O)NCC4CCCC(N)C4)[nH]c3c2)cc1. The van der Waals surface area contributed by atoms with E-state index in [1.54, 1.807) is 0 Å². The molecule has 3 aromatic rings. The Morgan fingerprint density at radius 3 is 2.67 bits per heavy atom. The van der Waals surface area contributed by atoms with E-state index >= 15 is 0 Å². The number of aromatic nitrogens is 1. The van der Waals surface area contributed by atoms with Crippen molar-refractivity contribution >= 4 is 16.8 Å². The molecule has 1 aliphatic rings. The zero-order valence-electron chi connectivity index (χ0n) is 15.8. The maximum atomic E-state index is 12.6. The Morgan fingerprint density at radius 1 is 1.11 bits per heavy atom. The number of nitrogens with one attached hydrogen (secondary N) is 2. The van der Waals surface area contributed by atoms with Crippen LogP contribution in [-0.2, 0) is 0 Å². The third-order valence-corrected chi connectivity index (χ3v) is 5.63. The van der Waals surface area contributed by atoms with Gasteiger partial charge in [0.2, 0.25) is 0 Å². The third kappa shape index (κ3) is 4.06. The molecule has 1 heterocycles. The molecule has 4 nitrogen and oxygen atoms in total. The van der Waals surface area contributed by atoms with E-state index in [1.807, 2.05) is 6.07 Å². The van der Waals surface area contributed by atoms with Gasteiger partial charge in [-0.25, -0.2) is 0 Å². The summed E-state index contributed by atoms with van der Waals surface area (Å²) in [6, 6.07) is 17.0. The largest absolute Gasteiger partial charge is 0.351 e. The second kappa shape index (κ2) is 7.57. The average molecular weight is 361 g/mol. The monoisotopic (exact) mass is 361 g/mol. The fourth-order valence-corrected chi connectivity index (χ4v) is 4.03. The minimum Gasteiger partial charge on any atom is -0.351 e. The molecule has 27 heavy (non-hydrogen) atoms. The van der Waals surface area contributed by atoms with Crippen LogP contribution in [-0.4, -0.2) is 23.5 Å². The molecule has 0 bridgehead atoms. The molecule has 1 aliphatic carbocycles. The normalized spacial score (nSPS) is 19.9. The second-order valence-corrected chi connectivity index (χ2v) is 7.85. The van der Waals surface area contributed by atoms with E-state index in [-0.39, 0.29) is 11.9 Å². The number of nitrogens with two attached hydrogens (primary N) is 1. The van der Waals surface area contributed by atoms with Gasteiger partial charge in [0.05, 0.1) is 0 Å². The molecule has 0 spiro atoms. The number of fused-ring (bicyclic) bond motifs is 1. The van der Waals surface area contributed by atoms with Crippen molar-refractivity contribution in [3.8, 4) is 11.1 Å². The number of hydrogen-bond acceptors (Lipinski definition) is 2. The van der Waals surface area contributed by atoms with Crippen LogP contribution in [0.3, 0.4) is 0 Å². The topological polar surface area (TPSA) is 70.9 Å². The Hall–Kier alpha value is -2.59. The maximum Gasteiger partial charge on any atom is 0.267 e. The van der Waals surface area contributed by atoms with E-state index in [0.717, 1.165) is 42.1 Å². The molecule has 140 valence electrons. The van der Waals surface area contributed by atoms with Crippen LogP contribution in [0.5, 0.6) is 0 Å². The van der Waals surface area contributed by atoms with Gasteiger partial charge in [0.25, 0.3) is 5.91 Å². The summed E-state index contributed by atoms with van der Waals surface area (Å²) < 4.78 is 0. The molecule has 2 aromatic carbocycles. The predicted octanol–water partition coefficient (Wildman–Crippen LogP) is 4.39. The van der Waals surface area contributed by atoms with Gasteiger partial charge in [0.1, 0.15) is 5.69 Å². The molecular formula is C23H27N3O. The van der Waals surface area contributed by atoms with Crippen LogP contribution in [0.4, 0.5) is 0 Å². The smallest absolute Gasteiger partial charge is 0.267 e. The Bertz CT molecular complexity index is 942. The fourth-order valence-electron chi connectivity index (χ4n) is 4.03. The fraction of sp³-hybridized carbons (Fsp3) is 0.348. The second-order valence-electron chi connectivity index (χ2n) is 7.85. The summed E-state index contributed by atoms with van der Waals surface area (Å²) in [5.74, 6) is 0.456. The number of aromatic amines is 1. The van der Waals surface area contributed by atoms with Crippen LogP contribution < -0.4 is 11.1 Å². The first kappa shape index (κ1) is 17.8. The van der Waals surface area contributed by atoms with Crippen LogP contribution >= 0.6 is 0 Å². The number of H-pyrrole nitrogens is 1. The van der Waals surface area contributed by atoms with Crippen molar-refractivity contribution in [1.29, 1.82) is 0 Å². The van der Waals surface area contributed by atoms with Crippen molar-refractivity contribution < 1.29 is 4.79 Å². The van der Waals surface area contributed by atoms with Crippen LogP contribution in [0, 0.1) is 12.8 Å². The highest BCUT2D eigenvalue weighted by Crippen LogP contribution is 2.26. The lowest BCUT2D eigenvalue weighted by atomic mass is 9.86. The lowest BCUT2D eigenvalue weighted by Gasteiger charge is -2.26. The predicted molar refractivity (Wildman–Crippen MR) is 111 cm³/mol. The lowest BCUT2D eigenvalue weighted by Crippen LogP contribution is -2.35. The minimum atomic E-state index is -0.0396. The van der Waals surface area contributed by atoms with Crippen molar-refractivity contribution in [3.63, 3.8) is 0 Å². The molecule has 4 heteroatoms. The van der Waals surface area contributed by atoms with Crippen molar-refractivity contribution in [2.24, 2.45) is 11.7 Å². The average Bonchev–Trinajstić information content (AvgIpc) is 3.10. The zero-order chi connectivity index (χ0) is 18.8. The summed E-state index contributed by atoms with van der Waals surface area (Å²) in [7, 11) is 0. The first-order chi connectivity index (χ1) is 13.1. The highest BCUT2D eigenvalue weighted by Gasteiger charge is 2.20. The van der Waals surface area contributed by atoms with Gasteiger partial charge in [0, 0.05) is 23.5 Å². The molecule has 1 amide bonds. The molecular weight excluding hydrogens is 334 g/mol. The number of rotatable bonds is 4. The van der Waals surface area contributed by atoms with Gasteiger partial charge >= 0.3 is 0 Å². The third-order valence-electron chi connectivity index (χ3n) is 5.63. The number of amides is 1. The molecule has 2 unspecified atom stereocenters. The van der Waals surface area contributed by atoms with Gasteiger partial charge in [0.15, 0.2) is 0 Å². The summed E-state index contributed by atoms with van der Waals surface area (Å²) >= 11 is 0. The summed E-state index contributed by atoms with van der Waals surface area (Å²) in [6.45, 7) is 2.79. The van der Waals surface area contributed by atoms with Crippen molar-refractivity contribution in [2.45, 2.75) is 38.6 Å². The lowest BCUT2D eigenvalue weighted by molar-refractivity contribution is 0.0938. The van der Waals surface area contributed by atoms with Crippen LogP contribution in [0.15, 0.2) is 48.5 Å². The number of aryl methyl sites for hydroxylation is 1. The highest BCUT2D eigenvalue weighted by atomic mass is 16.1. The molecule has 0 saturated heterocycles. The van der Waals surface area contributed by atoms with E-state index < -0.39 is 0 Å². The molecule has 4 N–H and O–H groups in total. The molecule has 0 radical (unpaired) electrons. The van der Waals surface area contributed by atoms with Crippen LogP contribution in [0.25, 0.3) is 22.0 Å². The van der Waals surface area contributed by atoms with Crippen LogP contribution in [0.1, 0.15) is 41.7 Å². The zero-order valence-corrected chi connectivity index (χ0v) is 15.8. The summed E-state index contributed by atoms with van der Waals surface area (Å²) in [4.78, 5) is 15.8. The summed E-state index contributed by atoms with van der Waals surface area (Å²) in [5, 5.41) is 4.13. The van der Waals surface area contributed by atoms with Gasteiger partial charge in [-0.3, -0.25) is 4.79 Å². The molecule has 1 saturated carbocycles. The molecule has 0 aliphatic heterocycles. The Balaban J connectivity index is 1.47. The van der Waals surface area contributed by atoms with E-state index in [4.69, 9.17) is 5.73 Å². The quantitative estimate of drug-likeness (QED) is 0.645.